The fourth-order valence-corrected chi connectivity index (χ4v) is 5.24. The maximum atomic E-state index is 14.1. The molecule has 2 aliphatic rings. The van der Waals surface area contributed by atoms with Crippen LogP contribution in [0.15, 0.2) is 60.7 Å². The van der Waals surface area contributed by atoms with E-state index in [0.717, 1.165) is 42.3 Å². The average Bonchev–Trinajstić information content (AvgIpc) is 2.93. The van der Waals surface area contributed by atoms with Crippen LogP contribution in [0.1, 0.15) is 50.9 Å². The lowest BCUT2D eigenvalue weighted by Gasteiger charge is -2.37. The van der Waals surface area contributed by atoms with Gasteiger partial charge in [0, 0.05) is 62.6 Å². The van der Waals surface area contributed by atoms with Crippen molar-refractivity contribution in [1.29, 1.82) is 0 Å². The van der Waals surface area contributed by atoms with Gasteiger partial charge in [-0.15, -0.1) is 0 Å². The van der Waals surface area contributed by atoms with Crippen LogP contribution in [0.25, 0.3) is 0 Å². The van der Waals surface area contributed by atoms with Gasteiger partial charge in [-0.25, -0.2) is 8.78 Å². The van der Waals surface area contributed by atoms with Crippen molar-refractivity contribution in [2.75, 3.05) is 44.2 Å². The Hall–Kier alpha value is -3.81. The minimum atomic E-state index is -0.854. The van der Waals surface area contributed by atoms with E-state index >= 15 is 0 Å². The van der Waals surface area contributed by atoms with E-state index in [2.05, 4.69) is 17.0 Å². The van der Waals surface area contributed by atoms with Crippen LogP contribution in [0.4, 0.5) is 14.5 Å². The highest BCUT2D eigenvalue weighted by atomic mass is 19.1. The third-order valence-electron chi connectivity index (χ3n) is 7.31. The van der Waals surface area contributed by atoms with E-state index in [4.69, 9.17) is 4.98 Å². The molecule has 0 unspecified atom stereocenters. The van der Waals surface area contributed by atoms with E-state index in [1.54, 1.807) is 4.90 Å². The fourth-order valence-electron chi connectivity index (χ4n) is 5.24. The molecule has 2 fully saturated rings. The smallest absolute Gasteiger partial charge is 0.256 e. The summed E-state index contributed by atoms with van der Waals surface area (Å²) in [6.45, 7) is 5.55. The second-order valence-electron chi connectivity index (χ2n) is 9.69. The van der Waals surface area contributed by atoms with Gasteiger partial charge in [-0.2, -0.15) is 0 Å². The van der Waals surface area contributed by atoms with Crippen LogP contribution in [-0.4, -0.2) is 65.9 Å². The first kappa shape index (κ1) is 24.9. The fraction of sp³-hybridized carbons (Fsp3) is 0.345. The normalized spacial score (nSPS) is 16.7. The lowest BCUT2D eigenvalue weighted by atomic mass is 9.89. The summed E-state index contributed by atoms with van der Waals surface area (Å²) in [5, 5.41) is 0. The van der Waals surface area contributed by atoms with Crippen molar-refractivity contribution in [1.82, 2.24) is 14.8 Å². The zero-order chi connectivity index (χ0) is 25.9. The molecule has 0 spiro atoms. The largest absolute Gasteiger partial charge is 0.368 e. The van der Waals surface area contributed by atoms with Gasteiger partial charge in [0.25, 0.3) is 11.8 Å². The van der Waals surface area contributed by atoms with Crippen LogP contribution >= 0.6 is 0 Å². The number of pyridine rings is 1. The first-order valence-corrected chi connectivity index (χ1v) is 12.7. The van der Waals surface area contributed by atoms with Crippen LogP contribution in [0.3, 0.4) is 0 Å². The number of aromatic nitrogens is 1. The van der Waals surface area contributed by atoms with Gasteiger partial charge in [0.1, 0.15) is 11.6 Å². The molecule has 2 saturated heterocycles. The average molecular weight is 505 g/mol. The standard InChI is InChI=1S/C29H30F2N4O2/c1-20-7-9-25(29(37)35-17-15-33(16-18-35)23-5-3-2-4-6-23)27(32-20)21-11-13-34(14-12-21)28(36)24-10-8-22(30)19-26(24)31/h2-10,19,21H,11-18H2,1H3. The summed E-state index contributed by atoms with van der Waals surface area (Å²) in [5.74, 6) is -2.00. The third-order valence-corrected chi connectivity index (χ3v) is 7.31. The number of hydrogen-bond donors (Lipinski definition) is 0. The summed E-state index contributed by atoms with van der Waals surface area (Å²) in [7, 11) is 0. The molecule has 5 rings (SSSR count). The molecule has 37 heavy (non-hydrogen) atoms. The van der Waals surface area contributed by atoms with Gasteiger partial charge in [-0.05, 0) is 56.2 Å². The number of likely N-dealkylation sites (tertiary alicyclic amines) is 1. The molecule has 6 nitrogen and oxygen atoms in total. The molecule has 2 aliphatic heterocycles. The Morgan fingerprint density at radius 1 is 0.784 bits per heavy atom. The summed E-state index contributed by atoms with van der Waals surface area (Å²) in [5.41, 5.74) is 3.27. The SMILES string of the molecule is Cc1ccc(C(=O)N2CCN(c3ccccc3)CC2)c(C2CCN(C(=O)c3ccc(F)cc3F)CC2)n1. The van der Waals surface area contributed by atoms with E-state index in [-0.39, 0.29) is 17.4 Å². The highest BCUT2D eigenvalue weighted by Gasteiger charge is 2.31. The van der Waals surface area contributed by atoms with E-state index in [0.29, 0.717) is 44.6 Å². The topological polar surface area (TPSA) is 56.8 Å². The third kappa shape index (κ3) is 5.33. The van der Waals surface area contributed by atoms with Crippen LogP contribution in [-0.2, 0) is 0 Å². The van der Waals surface area contributed by atoms with Gasteiger partial charge in [-0.3, -0.25) is 14.6 Å². The van der Waals surface area contributed by atoms with Crippen molar-refractivity contribution in [2.45, 2.75) is 25.7 Å². The number of halogens is 2. The number of amides is 2. The van der Waals surface area contributed by atoms with Gasteiger partial charge in [0.05, 0.1) is 16.8 Å². The van der Waals surface area contributed by atoms with Gasteiger partial charge in [0.15, 0.2) is 0 Å². The number of anilines is 1. The zero-order valence-corrected chi connectivity index (χ0v) is 20.9. The lowest BCUT2D eigenvalue weighted by Crippen LogP contribution is -2.49. The van der Waals surface area contributed by atoms with Crippen molar-refractivity contribution in [3.63, 3.8) is 0 Å². The molecule has 3 heterocycles. The van der Waals surface area contributed by atoms with Crippen molar-refractivity contribution in [3.8, 4) is 0 Å². The van der Waals surface area contributed by atoms with E-state index in [9.17, 15) is 18.4 Å². The number of benzene rings is 2. The highest BCUT2D eigenvalue weighted by Crippen LogP contribution is 2.31. The molecule has 0 atom stereocenters. The molecule has 2 aromatic carbocycles. The summed E-state index contributed by atoms with van der Waals surface area (Å²) >= 11 is 0. The Bertz CT molecular complexity index is 1280. The van der Waals surface area contributed by atoms with Crippen molar-refractivity contribution in [3.05, 3.63) is 94.8 Å². The number of para-hydroxylation sites is 1. The molecule has 2 amide bonds. The predicted molar refractivity (Wildman–Crippen MR) is 138 cm³/mol. The van der Waals surface area contributed by atoms with E-state index < -0.39 is 17.5 Å². The molecule has 192 valence electrons. The van der Waals surface area contributed by atoms with E-state index in [1.165, 1.54) is 6.07 Å². The van der Waals surface area contributed by atoms with Crippen molar-refractivity contribution in [2.24, 2.45) is 0 Å². The number of nitrogens with zero attached hydrogens (tertiary/aromatic N) is 4. The number of carbonyl (C=O) groups excluding carboxylic acids is 2. The number of carbonyl (C=O) groups is 2. The number of hydrogen-bond acceptors (Lipinski definition) is 4. The van der Waals surface area contributed by atoms with Crippen LogP contribution in [0, 0.1) is 18.6 Å². The summed E-state index contributed by atoms with van der Waals surface area (Å²) < 4.78 is 27.4. The van der Waals surface area contributed by atoms with Crippen molar-refractivity contribution < 1.29 is 18.4 Å². The minimum Gasteiger partial charge on any atom is -0.368 e. The highest BCUT2D eigenvalue weighted by molar-refractivity contribution is 5.96. The molecule has 0 N–H and O–H groups in total. The molecule has 3 aromatic rings. The Labute approximate surface area is 215 Å². The summed E-state index contributed by atoms with van der Waals surface area (Å²) in [6.07, 6.45) is 1.24. The summed E-state index contributed by atoms with van der Waals surface area (Å²) in [6, 6.07) is 17.0. The maximum Gasteiger partial charge on any atom is 0.256 e. The molecule has 0 bridgehead atoms. The molecular weight excluding hydrogens is 474 g/mol. The van der Waals surface area contributed by atoms with Gasteiger partial charge >= 0.3 is 0 Å². The lowest BCUT2D eigenvalue weighted by molar-refractivity contribution is 0.0698. The monoisotopic (exact) mass is 504 g/mol. The van der Waals surface area contributed by atoms with Gasteiger partial charge in [-0.1, -0.05) is 18.2 Å². The Morgan fingerprint density at radius 3 is 2.08 bits per heavy atom. The van der Waals surface area contributed by atoms with Crippen LogP contribution in [0.2, 0.25) is 0 Å². The van der Waals surface area contributed by atoms with Gasteiger partial charge in [0.2, 0.25) is 0 Å². The second-order valence-corrected chi connectivity index (χ2v) is 9.69. The molecule has 1 aromatic heterocycles. The molecular formula is C29H30F2N4O2. The number of rotatable bonds is 4. The van der Waals surface area contributed by atoms with E-state index in [1.807, 2.05) is 42.2 Å². The van der Waals surface area contributed by atoms with Crippen LogP contribution in [0.5, 0.6) is 0 Å². The Morgan fingerprint density at radius 2 is 1.41 bits per heavy atom. The maximum absolute atomic E-state index is 14.1. The predicted octanol–water partition coefficient (Wildman–Crippen LogP) is 4.65. The Kier molecular flexibility index (Phi) is 7.17. The molecule has 8 heteroatoms. The number of piperidine rings is 1. The van der Waals surface area contributed by atoms with Crippen LogP contribution < -0.4 is 4.90 Å². The summed E-state index contributed by atoms with van der Waals surface area (Å²) in [4.78, 5) is 36.9. The number of piperazine rings is 1. The quantitative estimate of drug-likeness (QED) is 0.519. The second kappa shape index (κ2) is 10.7. The number of aryl methyl sites for hydroxylation is 1. The zero-order valence-electron chi connectivity index (χ0n) is 20.9. The van der Waals surface area contributed by atoms with Gasteiger partial charge < -0.3 is 14.7 Å². The van der Waals surface area contributed by atoms with Crippen molar-refractivity contribution >= 4 is 17.5 Å². The molecule has 0 radical (unpaired) electrons. The Balaban J connectivity index is 1.26. The first-order chi connectivity index (χ1) is 17.9. The molecule has 0 saturated carbocycles. The minimum absolute atomic E-state index is 0.0119. The molecule has 0 aliphatic carbocycles. The first-order valence-electron chi connectivity index (χ1n) is 12.7.